The SMILES string of the molecule is NC(=O)c1cccc2c1c1c(OCC(=O)O)cncc1n2Cc1ccc(F)cc1. The van der Waals surface area contributed by atoms with Gasteiger partial charge in [0, 0.05) is 17.5 Å². The first kappa shape index (κ1) is 18.4. The number of hydrogen-bond donors (Lipinski definition) is 2. The van der Waals surface area contributed by atoms with Crippen molar-refractivity contribution < 1.29 is 23.8 Å². The van der Waals surface area contributed by atoms with Crippen LogP contribution in [0.1, 0.15) is 15.9 Å². The van der Waals surface area contributed by atoms with Gasteiger partial charge in [-0.15, -0.1) is 0 Å². The summed E-state index contributed by atoms with van der Waals surface area (Å²) in [6.45, 7) is -0.170. The van der Waals surface area contributed by atoms with Gasteiger partial charge in [-0.05, 0) is 29.8 Å². The number of ether oxygens (including phenoxy) is 1. The average molecular weight is 393 g/mol. The Kier molecular flexibility index (Phi) is 4.59. The standard InChI is InChI=1S/C21H16FN3O4/c22-13-6-4-12(5-7-13)10-25-15-3-1-2-14(21(23)28)19(15)20-16(25)8-24-9-17(20)29-11-18(26)27/h1-9H,10-11H2,(H2,23,28)(H,26,27). The zero-order valence-electron chi connectivity index (χ0n) is 15.1. The molecule has 7 nitrogen and oxygen atoms in total. The van der Waals surface area contributed by atoms with Gasteiger partial charge in [0.25, 0.3) is 0 Å². The van der Waals surface area contributed by atoms with Gasteiger partial charge >= 0.3 is 5.97 Å². The highest BCUT2D eigenvalue weighted by atomic mass is 19.1. The molecule has 2 heterocycles. The molecular weight excluding hydrogens is 377 g/mol. The molecule has 29 heavy (non-hydrogen) atoms. The van der Waals surface area contributed by atoms with E-state index < -0.39 is 18.5 Å². The molecule has 3 N–H and O–H groups in total. The smallest absolute Gasteiger partial charge is 0.341 e. The summed E-state index contributed by atoms with van der Waals surface area (Å²) in [7, 11) is 0. The number of nitrogens with two attached hydrogens (primary N) is 1. The van der Waals surface area contributed by atoms with Gasteiger partial charge in [0.1, 0.15) is 11.6 Å². The molecule has 2 aromatic carbocycles. The molecule has 0 fully saturated rings. The summed E-state index contributed by atoms with van der Waals surface area (Å²) >= 11 is 0. The predicted octanol–water partition coefficient (Wildman–Crippen LogP) is 2.94. The first-order valence-corrected chi connectivity index (χ1v) is 8.73. The number of halogens is 1. The molecule has 0 saturated carbocycles. The number of carbonyl (C=O) groups excluding carboxylic acids is 1. The van der Waals surface area contributed by atoms with E-state index in [1.807, 2.05) is 10.6 Å². The van der Waals surface area contributed by atoms with E-state index in [1.54, 1.807) is 30.5 Å². The quantitative estimate of drug-likeness (QED) is 0.524. The van der Waals surface area contributed by atoms with Gasteiger partial charge in [-0.2, -0.15) is 0 Å². The van der Waals surface area contributed by atoms with Crippen molar-refractivity contribution in [3.63, 3.8) is 0 Å². The Morgan fingerprint density at radius 1 is 1.07 bits per heavy atom. The third-order valence-corrected chi connectivity index (χ3v) is 4.64. The second-order valence-electron chi connectivity index (χ2n) is 6.49. The summed E-state index contributed by atoms with van der Waals surface area (Å²) < 4.78 is 20.6. The Morgan fingerprint density at radius 3 is 2.52 bits per heavy atom. The number of aromatic nitrogens is 2. The number of pyridine rings is 1. The van der Waals surface area contributed by atoms with Crippen LogP contribution >= 0.6 is 0 Å². The van der Waals surface area contributed by atoms with E-state index in [0.717, 1.165) is 5.56 Å². The number of primary amides is 1. The molecule has 4 rings (SSSR count). The highest BCUT2D eigenvalue weighted by molar-refractivity contribution is 6.19. The van der Waals surface area contributed by atoms with E-state index in [-0.39, 0.29) is 17.1 Å². The number of carboxylic acid groups (broad SMARTS) is 1. The van der Waals surface area contributed by atoms with E-state index in [0.29, 0.717) is 28.4 Å². The monoisotopic (exact) mass is 393 g/mol. The maximum Gasteiger partial charge on any atom is 0.341 e. The molecule has 0 aliphatic rings. The molecule has 0 aliphatic heterocycles. The molecule has 0 bridgehead atoms. The Morgan fingerprint density at radius 2 is 1.83 bits per heavy atom. The van der Waals surface area contributed by atoms with Crippen LogP contribution in [0.25, 0.3) is 21.8 Å². The lowest BCUT2D eigenvalue weighted by atomic mass is 10.1. The number of hydrogen-bond acceptors (Lipinski definition) is 4. The fourth-order valence-corrected chi connectivity index (χ4v) is 3.44. The summed E-state index contributed by atoms with van der Waals surface area (Å²) in [6, 6.07) is 11.2. The number of fused-ring (bicyclic) bond motifs is 3. The molecule has 0 aliphatic carbocycles. The maximum atomic E-state index is 13.3. The lowest BCUT2D eigenvalue weighted by molar-refractivity contribution is -0.139. The minimum Gasteiger partial charge on any atom is -0.480 e. The predicted molar refractivity (Wildman–Crippen MR) is 104 cm³/mol. The molecule has 1 amide bonds. The normalized spacial score (nSPS) is 11.1. The largest absolute Gasteiger partial charge is 0.480 e. The van der Waals surface area contributed by atoms with Gasteiger partial charge in [-0.3, -0.25) is 9.78 Å². The van der Waals surface area contributed by atoms with Crippen molar-refractivity contribution in [2.75, 3.05) is 6.61 Å². The average Bonchev–Trinajstić information content (AvgIpc) is 3.02. The van der Waals surface area contributed by atoms with Crippen molar-refractivity contribution >= 4 is 33.7 Å². The molecule has 4 aromatic rings. The fraction of sp³-hybridized carbons (Fsp3) is 0.0952. The molecule has 8 heteroatoms. The summed E-state index contributed by atoms with van der Waals surface area (Å²) in [5.41, 5.74) is 8.05. The van der Waals surface area contributed by atoms with Crippen LogP contribution in [0.4, 0.5) is 4.39 Å². The van der Waals surface area contributed by atoms with Crippen LogP contribution in [0.3, 0.4) is 0 Å². The first-order chi connectivity index (χ1) is 14.0. The Hall–Kier alpha value is -3.94. The summed E-state index contributed by atoms with van der Waals surface area (Å²) in [5, 5.41) is 10.1. The molecule has 0 unspecified atom stereocenters. The van der Waals surface area contributed by atoms with E-state index in [9.17, 15) is 14.0 Å². The number of benzene rings is 2. The van der Waals surface area contributed by atoms with Crippen LogP contribution in [-0.4, -0.2) is 33.1 Å². The van der Waals surface area contributed by atoms with Crippen LogP contribution in [0.15, 0.2) is 54.9 Å². The molecule has 2 aromatic heterocycles. The summed E-state index contributed by atoms with van der Waals surface area (Å²) in [6.07, 6.45) is 3.02. The van der Waals surface area contributed by atoms with Gasteiger partial charge in [-0.25, -0.2) is 9.18 Å². The van der Waals surface area contributed by atoms with E-state index in [2.05, 4.69) is 4.98 Å². The highest BCUT2D eigenvalue weighted by Crippen LogP contribution is 2.37. The zero-order valence-corrected chi connectivity index (χ0v) is 15.1. The van der Waals surface area contributed by atoms with Crippen molar-refractivity contribution in [2.45, 2.75) is 6.54 Å². The Balaban J connectivity index is 2.00. The van der Waals surface area contributed by atoms with Crippen molar-refractivity contribution in [2.24, 2.45) is 5.73 Å². The molecule has 0 atom stereocenters. The second kappa shape index (κ2) is 7.23. The van der Waals surface area contributed by atoms with Crippen LogP contribution in [0.5, 0.6) is 5.75 Å². The number of rotatable bonds is 6. The van der Waals surface area contributed by atoms with Crippen molar-refractivity contribution in [1.29, 1.82) is 0 Å². The van der Waals surface area contributed by atoms with E-state index >= 15 is 0 Å². The molecule has 146 valence electrons. The number of aliphatic carboxylic acids is 1. The zero-order chi connectivity index (χ0) is 20.5. The Bertz CT molecular complexity index is 1250. The molecule has 0 spiro atoms. The molecule has 0 radical (unpaired) electrons. The van der Waals surface area contributed by atoms with Gasteiger partial charge in [0.15, 0.2) is 6.61 Å². The third-order valence-electron chi connectivity index (χ3n) is 4.64. The fourth-order valence-electron chi connectivity index (χ4n) is 3.44. The maximum absolute atomic E-state index is 13.3. The lowest BCUT2D eigenvalue weighted by Crippen LogP contribution is -2.11. The van der Waals surface area contributed by atoms with Crippen LogP contribution in [-0.2, 0) is 11.3 Å². The van der Waals surface area contributed by atoms with Gasteiger partial charge in [-0.1, -0.05) is 18.2 Å². The highest BCUT2D eigenvalue weighted by Gasteiger charge is 2.20. The summed E-state index contributed by atoms with van der Waals surface area (Å²) in [5.74, 6) is -1.84. The van der Waals surface area contributed by atoms with E-state index in [1.165, 1.54) is 18.3 Å². The lowest BCUT2D eigenvalue weighted by Gasteiger charge is -2.08. The minimum absolute atomic E-state index is 0.237. The summed E-state index contributed by atoms with van der Waals surface area (Å²) in [4.78, 5) is 27.2. The minimum atomic E-state index is -1.13. The topological polar surface area (TPSA) is 107 Å². The van der Waals surface area contributed by atoms with Crippen molar-refractivity contribution in [3.05, 3.63) is 71.8 Å². The Labute approximate surface area is 164 Å². The van der Waals surface area contributed by atoms with Crippen molar-refractivity contribution in [3.8, 4) is 5.75 Å². The van der Waals surface area contributed by atoms with Gasteiger partial charge in [0.2, 0.25) is 5.91 Å². The van der Waals surface area contributed by atoms with Gasteiger partial charge in [0.05, 0.1) is 28.8 Å². The first-order valence-electron chi connectivity index (χ1n) is 8.73. The second-order valence-corrected chi connectivity index (χ2v) is 6.49. The van der Waals surface area contributed by atoms with E-state index in [4.69, 9.17) is 15.6 Å². The number of nitrogens with zero attached hydrogens (tertiary/aromatic N) is 2. The van der Waals surface area contributed by atoms with Gasteiger partial charge < -0.3 is 20.1 Å². The molecular formula is C21H16FN3O4. The number of carbonyl (C=O) groups is 2. The number of carboxylic acids is 1. The number of amides is 1. The molecule has 0 saturated heterocycles. The van der Waals surface area contributed by atoms with Crippen LogP contribution < -0.4 is 10.5 Å². The van der Waals surface area contributed by atoms with Crippen molar-refractivity contribution in [1.82, 2.24) is 9.55 Å². The van der Waals surface area contributed by atoms with Crippen LogP contribution in [0.2, 0.25) is 0 Å². The third kappa shape index (κ3) is 3.36. The van der Waals surface area contributed by atoms with Crippen LogP contribution in [0, 0.1) is 5.82 Å².